The minimum atomic E-state index is -0.866. The first kappa shape index (κ1) is 17.3. The summed E-state index contributed by atoms with van der Waals surface area (Å²) in [4.78, 5) is 24.2. The van der Waals surface area contributed by atoms with Crippen molar-refractivity contribution in [2.45, 2.75) is 26.3 Å². The van der Waals surface area contributed by atoms with Gasteiger partial charge in [-0.25, -0.2) is 4.79 Å². The zero-order valence-electron chi connectivity index (χ0n) is 12.5. The highest BCUT2D eigenvalue weighted by atomic mass is 35.5. The first-order valence-electron chi connectivity index (χ1n) is 6.79. The maximum atomic E-state index is 12.1. The number of carbonyl (C=O) groups excluding carboxylic acids is 1. The maximum absolute atomic E-state index is 12.1. The topological polar surface area (TPSA) is 69.6 Å². The number of benzene rings is 1. The molecule has 5 nitrogen and oxygen atoms in total. The van der Waals surface area contributed by atoms with Crippen LogP contribution in [-0.2, 0) is 4.79 Å². The number of nitrogens with zero attached hydrogens (tertiary/aromatic N) is 1. The molecule has 0 aliphatic heterocycles. The van der Waals surface area contributed by atoms with Gasteiger partial charge in [0.15, 0.2) is 0 Å². The molecule has 0 radical (unpaired) electrons. The highest BCUT2D eigenvalue weighted by Gasteiger charge is 2.19. The zero-order valence-corrected chi connectivity index (χ0v) is 13.2. The smallest absolute Gasteiger partial charge is 0.317 e. The normalized spacial score (nSPS) is 13.3. The van der Waals surface area contributed by atoms with Crippen LogP contribution in [0.3, 0.4) is 0 Å². The van der Waals surface area contributed by atoms with Gasteiger partial charge in [0, 0.05) is 25.0 Å². The number of carboxylic acids is 1. The molecule has 116 valence electrons. The van der Waals surface area contributed by atoms with Crippen LogP contribution in [0.5, 0.6) is 0 Å². The van der Waals surface area contributed by atoms with Gasteiger partial charge < -0.3 is 15.3 Å². The van der Waals surface area contributed by atoms with Crippen LogP contribution in [-0.4, -0.2) is 35.6 Å². The molecule has 21 heavy (non-hydrogen) atoms. The number of hydrogen-bond donors (Lipinski definition) is 2. The molecule has 2 amide bonds. The third-order valence-electron chi connectivity index (χ3n) is 3.38. The number of halogens is 1. The SMILES string of the molecule is CC(CNC(=O)N(C)C(C)c1ccccc1Cl)CC(=O)O. The molecule has 2 unspecified atom stereocenters. The molecule has 0 saturated carbocycles. The second kappa shape index (κ2) is 7.88. The standard InChI is InChI=1S/C15H21ClN2O3/c1-10(8-14(19)20)9-17-15(21)18(3)11(2)12-6-4-5-7-13(12)16/h4-7,10-11H,8-9H2,1-3H3,(H,17,21)(H,19,20). The quantitative estimate of drug-likeness (QED) is 0.847. The monoisotopic (exact) mass is 312 g/mol. The summed E-state index contributed by atoms with van der Waals surface area (Å²) in [7, 11) is 1.69. The summed E-state index contributed by atoms with van der Waals surface area (Å²) in [5, 5.41) is 12.0. The molecule has 0 bridgehead atoms. The van der Waals surface area contributed by atoms with E-state index in [4.69, 9.17) is 16.7 Å². The van der Waals surface area contributed by atoms with E-state index in [2.05, 4.69) is 5.32 Å². The lowest BCUT2D eigenvalue weighted by Crippen LogP contribution is -2.40. The number of carboxylic acid groups (broad SMARTS) is 1. The van der Waals surface area contributed by atoms with Gasteiger partial charge >= 0.3 is 12.0 Å². The molecule has 0 aliphatic rings. The molecule has 2 N–H and O–H groups in total. The number of nitrogens with one attached hydrogen (secondary N) is 1. The van der Waals surface area contributed by atoms with Gasteiger partial charge in [-0.1, -0.05) is 36.7 Å². The molecule has 0 fully saturated rings. The molecule has 0 saturated heterocycles. The fraction of sp³-hybridized carbons (Fsp3) is 0.467. The fourth-order valence-electron chi connectivity index (χ4n) is 1.95. The predicted molar refractivity (Wildman–Crippen MR) is 82.4 cm³/mol. The average Bonchev–Trinajstić information content (AvgIpc) is 2.43. The van der Waals surface area contributed by atoms with Crippen molar-refractivity contribution in [3.63, 3.8) is 0 Å². The van der Waals surface area contributed by atoms with E-state index in [1.807, 2.05) is 25.1 Å². The lowest BCUT2D eigenvalue weighted by Gasteiger charge is -2.26. The highest BCUT2D eigenvalue weighted by molar-refractivity contribution is 6.31. The molecule has 1 aromatic carbocycles. The second-order valence-corrected chi connectivity index (χ2v) is 5.60. The average molecular weight is 313 g/mol. The number of rotatable bonds is 6. The molecule has 0 aliphatic carbocycles. The molecule has 0 aromatic heterocycles. The third-order valence-corrected chi connectivity index (χ3v) is 3.73. The van der Waals surface area contributed by atoms with Gasteiger partial charge in [-0.15, -0.1) is 0 Å². The van der Waals surface area contributed by atoms with Crippen LogP contribution in [0.4, 0.5) is 4.79 Å². The maximum Gasteiger partial charge on any atom is 0.317 e. The summed E-state index contributed by atoms with van der Waals surface area (Å²) >= 11 is 6.13. The summed E-state index contributed by atoms with van der Waals surface area (Å²) in [6.45, 7) is 4.00. The molecule has 1 rings (SSSR count). The first-order chi connectivity index (χ1) is 9.82. The van der Waals surface area contributed by atoms with Crippen LogP contribution in [0, 0.1) is 5.92 Å². The lowest BCUT2D eigenvalue weighted by atomic mass is 10.1. The van der Waals surface area contributed by atoms with Crippen LogP contribution in [0.1, 0.15) is 31.9 Å². The number of amides is 2. The summed E-state index contributed by atoms with van der Waals surface area (Å²) in [6.07, 6.45) is 0.0318. The lowest BCUT2D eigenvalue weighted by molar-refractivity contribution is -0.137. The van der Waals surface area contributed by atoms with Crippen molar-refractivity contribution in [2.75, 3.05) is 13.6 Å². The molecular formula is C15H21ClN2O3. The molecule has 1 aromatic rings. The number of carbonyl (C=O) groups is 2. The van der Waals surface area contributed by atoms with E-state index in [1.54, 1.807) is 24.9 Å². The van der Waals surface area contributed by atoms with E-state index in [0.29, 0.717) is 11.6 Å². The van der Waals surface area contributed by atoms with Crippen LogP contribution < -0.4 is 5.32 Å². The van der Waals surface area contributed by atoms with E-state index in [0.717, 1.165) is 5.56 Å². The van der Waals surface area contributed by atoms with Crippen molar-refractivity contribution in [3.05, 3.63) is 34.9 Å². The van der Waals surface area contributed by atoms with Crippen molar-refractivity contribution in [3.8, 4) is 0 Å². The van der Waals surface area contributed by atoms with E-state index >= 15 is 0 Å². The molecular weight excluding hydrogens is 292 g/mol. The Bertz CT molecular complexity index is 507. The molecule has 0 heterocycles. The largest absolute Gasteiger partial charge is 0.481 e. The highest BCUT2D eigenvalue weighted by Crippen LogP contribution is 2.26. The Hall–Kier alpha value is -1.75. The van der Waals surface area contributed by atoms with Gasteiger partial charge in [0.25, 0.3) is 0 Å². The van der Waals surface area contributed by atoms with Gasteiger partial charge in [-0.2, -0.15) is 0 Å². The van der Waals surface area contributed by atoms with Crippen molar-refractivity contribution in [1.82, 2.24) is 10.2 Å². The third kappa shape index (κ3) is 5.27. The van der Waals surface area contributed by atoms with Crippen molar-refractivity contribution in [1.29, 1.82) is 0 Å². The van der Waals surface area contributed by atoms with Gasteiger partial charge in [-0.3, -0.25) is 4.79 Å². The van der Waals surface area contributed by atoms with Crippen LogP contribution in [0.2, 0.25) is 5.02 Å². The van der Waals surface area contributed by atoms with Gasteiger partial charge in [0.1, 0.15) is 0 Å². The Morgan fingerprint density at radius 2 is 1.95 bits per heavy atom. The van der Waals surface area contributed by atoms with Crippen molar-refractivity contribution in [2.24, 2.45) is 5.92 Å². The minimum absolute atomic E-state index is 0.0318. The fourth-order valence-corrected chi connectivity index (χ4v) is 2.25. The predicted octanol–water partition coefficient (Wildman–Crippen LogP) is 3.15. The Kier molecular flexibility index (Phi) is 6.49. The number of hydrogen-bond acceptors (Lipinski definition) is 2. The number of aliphatic carboxylic acids is 1. The minimum Gasteiger partial charge on any atom is -0.481 e. The summed E-state index contributed by atoms with van der Waals surface area (Å²) < 4.78 is 0. The summed E-state index contributed by atoms with van der Waals surface area (Å²) in [5.74, 6) is -0.981. The Balaban J connectivity index is 2.58. The van der Waals surface area contributed by atoms with E-state index in [9.17, 15) is 9.59 Å². The second-order valence-electron chi connectivity index (χ2n) is 5.20. The summed E-state index contributed by atoms with van der Waals surface area (Å²) in [6, 6.07) is 6.95. The van der Waals surface area contributed by atoms with Crippen molar-refractivity contribution >= 4 is 23.6 Å². The Morgan fingerprint density at radius 1 is 1.33 bits per heavy atom. The van der Waals surface area contributed by atoms with Crippen LogP contribution in [0.25, 0.3) is 0 Å². The van der Waals surface area contributed by atoms with Gasteiger partial charge in [0.2, 0.25) is 0 Å². The van der Waals surface area contributed by atoms with Gasteiger partial charge in [0.05, 0.1) is 6.04 Å². The van der Waals surface area contributed by atoms with Crippen LogP contribution >= 0.6 is 11.6 Å². The van der Waals surface area contributed by atoms with E-state index < -0.39 is 5.97 Å². The summed E-state index contributed by atoms with van der Waals surface area (Å²) in [5.41, 5.74) is 0.871. The van der Waals surface area contributed by atoms with Crippen LogP contribution in [0.15, 0.2) is 24.3 Å². The number of urea groups is 1. The molecule has 0 spiro atoms. The zero-order chi connectivity index (χ0) is 16.0. The Labute approximate surface area is 129 Å². The Morgan fingerprint density at radius 3 is 2.52 bits per heavy atom. The van der Waals surface area contributed by atoms with Crippen molar-refractivity contribution < 1.29 is 14.7 Å². The van der Waals surface area contributed by atoms with E-state index in [-0.39, 0.29) is 24.4 Å². The van der Waals surface area contributed by atoms with E-state index in [1.165, 1.54) is 0 Å². The molecule has 2 atom stereocenters. The first-order valence-corrected chi connectivity index (χ1v) is 7.17. The van der Waals surface area contributed by atoms with Gasteiger partial charge in [-0.05, 0) is 24.5 Å². The molecule has 6 heteroatoms.